The minimum atomic E-state index is -0.0347. The van der Waals surface area contributed by atoms with E-state index < -0.39 is 0 Å². The van der Waals surface area contributed by atoms with Crippen molar-refractivity contribution in [2.75, 3.05) is 0 Å². The summed E-state index contributed by atoms with van der Waals surface area (Å²) in [6.45, 7) is 0.783. The number of nitrogens with one attached hydrogen (secondary N) is 1. The van der Waals surface area contributed by atoms with Crippen LogP contribution in [0.1, 0.15) is 37.4 Å². The number of hydrogen-bond donors (Lipinski definition) is 1. The molecule has 0 radical (unpaired) electrons. The molecule has 0 unspecified atom stereocenters. The Hall–Kier alpha value is -2.80. The lowest BCUT2D eigenvalue weighted by molar-refractivity contribution is 0.268. The molecule has 1 saturated carbocycles. The first kappa shape index (κ1) is 17.6. The summed E-state index contributed by atoms with van der Waals surface area (Å²) in [5.74, 6) is 0. The normalized spacial score (nSPS) is 19.9. The third-order valence-electron chi connectivity index (χ3n) is 5.17. The lowest BCUT2D eigenvalue weighted by Gasteiger charge is -2.29. The summed E-state index contributed by atoms with van der Waals surface area (Å²) in [6, 6.07) is 9.87. The molecular weight excluding hydrogens is 340 g/mol. The Morgan fingerprint density at radius 3 is 2.67 bits per heavy atom. The molecular formula is C20H24N6O. The van der Waals surface area contributed by atoms with Gasteiger partial charge in [-0.05, 0) is 49.9 Å². The maximum atomic E-state index is 12.4. The molecule has 0 atom stereocenters. The van der Waals surface area contributed by atoms with Gasteiger partial charge in [-0.25, -0.2) is 4.68 Å². The van der Waals surface area contributed by atoms with E-state index in [0.29, 0.717) is 6.04 Å². The van der Waals surface area contributed by atoms with Crippen molar-refractivity contribution in [3.63, 3.8) is 0 Å². The molecule has 0 saturated heterocycles. The summed E-state index contributed by atoms with van der Waals surface area (Å²) < 4.78 is 3.48. The second-order valence-electron chi connectivity index (χ2n) is 7.11. The highest BCUT2D eigenvalue weighted by Crippen LogP contribution is 2.27. The van der Waals surface area contributed by atoms with Gasteiger partial charge in [-0.3, -0.25) is 14.5 Å². The molecule has 4 rings (SSSR count). The highest BCUT2D eigenvalue weighted by molar-refractivity contribution is 5.56. The monoisotopic (exact) mass is 364 g/mol. The topological polar surface area (TPSA) is 77.6 Å². The van der Waals surface area contributed by atoms with Crippen LogP contribution in [-0.4, -0.2) is 30.6 Å². The van der Waals surface area contributed by atoms with Crippen molar-refractivity contribution in [1.29, 1.82) is 0 Å². The van der Waals surface area contributed by atoms with Crippen molar-refractivity contribution in [2.45, 2.75) is 44.3 Å². The summed E-state index contributed by atoms with van der Waals surface area (Å²) in [6.07, 6.45) is 9.42. The second kappa shape index (κ2) is 7.84. The van der Waals surface area contributed by atoms with Gasteiger partial charge in [0.25, 0.3) is 5.56 Å². The zero-order chi connectivity index (χ0) is 18.6. The van der Waals surface area contributed by atoms with E-state index in [9.17, 15) is 4.79 Å². The van der Waals surface area contributed by atoms with Crippen molar-refractivity contribution in [3.8, 4) is 11.3 Å². The molecule has 7 heteroatoms. The van der Waals surface area contributed by atoms with Crippen LogP contribution in [0.25, 0.3) is 11.3 Å². The first-order chi connectivity index (χ1) is 13.2. The highest BCUT2D eigenvalue weighted by Gasteiger charge is 2.24. The number of rotatable bonds is 5. The van der Waals surface area contributed by atoms with Crippen molar-refractivity contribution in [1.82, 2.24) is 29.9 Å². The summed E-state index contributed by atoms with van der Waals surface area (Å²) >= 11 is 0. The largest absolute Gasteiger partial charge is 0.308 e. The smallest absolute Gasteiger partial charge is 0.267 e. The third-order valence-corrected chi connectivity index (χ3v) is 5.17. The van der Waals surface area contributed by atoms with Crippen LogP contribution in [0.3, 0.4) is 0 Å². The molecule has 27 heavy (non-hydrogen) atoms. The van der Waals surface area contributed by atoms with Crippen LogP contribution in [-0.2, 0) is 13.6 Å². The average Bonchev–Trinajstić information content (AvgIpc) is 3.13. The van der Waals surface area contributed by atoms with E-state index in [4.69, 9.17) is 0 Å². The first-order valence-electron chi connectivity index (χ1n) is 9.41. The summed E-state index contributed by atoms with van der Waals surface area (Å²) in [5.41, 5.74) is 2.74. The van der Waals surface area contributed by atoms with Gasteiger partial charge in [0.05, 0.1) is 17.4 Å². The third kappa shape index (κ3) is 4.14. The van der Waals surface area contributed by atoms with E-state index in [1.807, 2.05) is 36.1 Å². The van der Waals surface area contributed by atoms with E-state index in [1.165, 1.54) is 0 Å². The fourth-order valence-electron chi connectivity index (χ4n) is 3.69. The van der Waals surface area contributed by atoms with Crippen LogP contribution in [0.4, 0.5) is 0 Å². The molecule has 1 aliphatic carbocycles. The molecule has 3 aromatic heterocycles. The zero-order valence-corrected chi connectivity index (χ0v) is 15.5. The maximum absolute atomic E-state index is 12.4. The van der Waals surface area contributed by atoms with Crippen LogP contribution < -0.4 is 10.9 Å². The fraction of sp³-hybridized carbons (Fsp3) is 0.400. The van der Waals surface area contributed by atoms with E-state index >= 15 is 0 Å². The molecule has 1 aliphatic rings. The van der Waals surface area contributed by atoms with Crippen molar-refractivity contribution in [3.05, 3.63) is 65.0 Å². The average molecular weight is 364 g/mol. The quantitative estimate of drug-likeness (QED) is 0.752. The van der Waals surface area contributed by atoms with Gasteiger partial charge in [0.1, 0.15) is 0 Å². The first-order valence-corrected chi connectivity index (χ1v) is 9.41. The molecule has 0 aliphatic heterocycles. The Labute approximate surface area is 158 Å². The van der Waals surface area contributed by atoms with Crippen LogP contribution in [0.5, 0.6) is 0 Å². The van der Waals surface area contributed by atoms with Crippen LogP contribution >= 0.6 is 0 Å². The standard InChI is InChI=1S/C20H24N6O/c1-25-12-10-17(23-25)14-22-16-4-6-18(7-5-16)26-20(27)9-8-19(24-26)15-3-2-11-21-13-15/h2-3,8-13,16,18,22H,4-7,14H2,1H3. The van der Waals surface area contributed by atoms with Crippen LogP contribution in [0.15, 0.2) is 53.7 Å². The number of aromatic nitrogens is 5. The van der Waals surface area contributed by atoms with E-state index in [-0.39, 0.29) is 11.6 Å². The lowest BCUT2D eigenvalue weighted by atomic mass is 9.91. The van der Waals surface area contributed by atoms with Crippen molar-refractivity contribution < 1.29 is 0 Å². The molecule has 1 N–H and O–H groups in total. The number of pyridine rings is 1. The molecule has 140 valence electrons. The number of nitrogens with zero attached hydrogens (tertiary/aromatic N) is 5. The van der Waals surface area contributed by atoms with E-state index in [0.717, 1.165) is 49.2 Å². The van der Waals surface area contributed by atoms with Crippen LogP contribution in [0, 0.1) is 0 Å². The van der Waals surface area contributed by atoms with Gasteiger partial charge in [-0.1, -0.05) is 0 Å². The van der Waals surface area contributed by atoms with Crippen molar-refractivity contribution in [2.24, 2.45) is 7.05 Å². The zero-order valence-electron chi connectivity index (χ0n) is 15.5. The molecule has 1 fully saturated rings. The molecule has 0 spiro atoms. The van der Waals surface area contributed by atoms with Crippen molar-refractivity contribution >= 4 is 0 Å². The summed E-state index contributed by atoms with van der Waals surface area (Å²) in [7, 11) is 1.93. The van der Waals surface area contributed by atoms with Gasteiger partial charge in [0, 0.05) is 49.9 Å². The van der Waals surface area contributed by atoms with Crippen LogP contribution in [0.2, 0.25) is 0 Å². The predicted octanol–water partition coefficient (Wildman–Crippen LogP) is 2.31. The maximum Gasteiger partial charge on any atom is 0.267 e. The molecule has 3 heterocycles. The Morgan fingerprint density at radius 2 is 1.96 bits per heavy atom. The van der Waals surface area contributed by atoms with Gasteiger partial charge in [0.2, 0.25) is 0 Å². The SMILES string of the molecule is Cn1ccc(CNC2CCC(n3nc(-c4cccnc4)ccc3=O)CC2)n1. The van der Waals surface area contributed by atoms with Gasteiger partial charge < -0.3 is 5.32 Å². The summed E-state index contributed by atoms with van der Waals surface area (Å²) in [4.78, 5) is 16.5. The van der Waals surface area contributed by atoms with E-state index in [2.05, 4.69) is 20.5 Å². The van der Waals surface area contributed by atoms with E-state index in [1.54, 1.807) is 29.2 Å². The lowest BCUT2D eigenvalue weighted by Crippen LogP contribution is -2.36. The van der Waals surface area contributed by atoms with Gasteiger partial charge >= 0.3 is 0 Å². The molecule has 0 amide bonds. The molecule has 7 nitrogen and oxygen atoms in total. The Balaban J connectivity index is 1.40. The molecule has 0 bridgehead atoms. The predicted molar refractivity (Wildman–Crippen MR) is 103 cm³/mol. The minimum Gasteiger partial charge on any atom is -0.308 e. The summed E-state index contributed by atoms with van der Waals surface area (Å²) in [5, 5.41) is 12.6. The number of hydrogen-bond acceptors (Lipinski definition) is 5. The van der Waals surface area contributed by atoms with Gasteiger partial charge in [-0.15, -0.1) is 0 Å². The minimum absolute atomic E-state index is 0.0347. The fourth-order valence-corrected chi connectivity index (χ4v) is 3.69. The van der Waals surface area contributed by atoms with Gasteiger partial charge in [0.15, 0.2) is 0 Å². The Morgan fingerprint density at radius 1 is 1.11 bits per heavy atom. The van der Waals surface area contributed by atoms with Gasteiger partial charge in [-0.2, -0.15) is 10.2 Å². The Bertz CT molecular complexity index is 940. The Kier molecular flexibility index (Phi) is 5.11. The molecule has 0 aromatic carbocycles. The second-order valence-corrected chi connectivity index (χ2v) is 7.11. The molecule has 3 aromatic rings. The number of aryl methyl sites for hydroxylation is 1. The highest BCUT2D eigenvalue weighted by atomic mass is 16.1.